The Kier molecular flexibility index (Phi) is 4.72. The third kappa shape index (κ3) is 3.29. The van der Waals surface area contributed by atoms with Gasteiger partial charge in [0.2, 0.25) is 5.95 Å². The van der Waals surface area contributed by atoms with E-state index < -0.39 is 22.8 Å². The van der Waals surface area contributed by atoms with Gasteiger partial charge in [-0.2, -0.15) is 4.98 Å². The summed E-state index contributed by atoms with van der Waals surface area (Å²) in [5.74, 6) is -2.85. The molecule has 0 amide bonds. The summed E-state index contributed by atoms with van der Waals surface area (Å²) in [6.45, 7) is 3.05. The van der Waals surface area contributed by atoms with Crippen LogP contribution in [-0.2, 0) is 0 Å². The zero-order valence-corrected chi connectivity index (χ0v) is 19.9. The molecule has 1 aliphatic carbocycles. The van der Waals surface area contributed by atoms with Crippen molar-refractivity contribution in [2.45, 2.75) is 18.8 Å². The molecule has 1 saturated carbocycles. The van der Waals surface area contributed by atoms with Gasteiger partial charge in [0.05, 0.1) is 16.3 Å². The number of anilines is 2. The van der Waals surface area contributed by atoms with Crippen LogP contribution in [0, 0.1) is 5.41 Å². The topological polar surface area (TPSA) is 96.5 Å². The summed E-state index contributed by atoms with van der Waals surface area (Å²) in [6, 6.07) is 12.0. The molecule has 1 N–H and O–H groups in total. The third-order valence-corrected chi connectivity index (χ3v) is 7.94. The molecule has 2 saturated heterocycles. The van der Waals surface area contributed by atoms with Crippen LogP contribution in [0.4, 0.5) is 20.7 Å². The molecule has 0 atom stereocenters. The molecule has 2 aliphatic heterocycles. The van der Waals surface area contributed by atoms with Crippen molar-refractivity contribution < 1.29 is 18.0 Å². The Hall–Kier alpha value is -3.86. The Labute approximate surface area is 209 Å². The van der Waals surface area contributed by atoms with Crippen molar-refractivity contribution in [2.75, 3.05) is 49.1 Å². The van der Waals surface area contributed by atoms with E-state index in [1.54, 1.807) is 41.3 Å². The maximum Gasteiger partial charge on any atom is 0.298 e. The van der Waals surface area contributed by atoms with Gasteiger partial charge in [0.15, 0.2) is 5.58 Å². The number of carbonyl (C=O) groups is 1. The average molecular weight is 507 g/mol. The van der Waals surface area contributed by atoms with Crippen LogP contribution in [0.2, 0.25) is 0 Å². The number of hydrogen-bond donors (Lipinski definition) is 1. The molecule has 4 heterocycles. The molecule has 0 radical (unpaired) electrons. The first-order valence-electron chi connectivity index (χ1n) is 12.4. The number of benzene rings is 2. The first-order chi connectivity index (χ1) is 17.9. The van der Waals surface area contributed by atoms with E-state index in [-0.39, 0.29) is 31.1 Å². The first-order valence-corrected chi connectivity index (χ1v) is 12.4. The van der Waals surface area contributed by atoms with Crippen LogP contribution in [0.3, 0.4) is 0 Å². The number of rotatable bonds is 3. The van der Waals surface area contributed by atoms with Crippen molar-refractivity contribution >= 4 is 39.9 Å². The SMILES string of the molecule is O=C(c1ccc2nc(N3CC4(CCC4(F)F)C3)oc2c1)n1c(N2CCNCC2)nc2ccccc2c1=O. The van der Waals surface area contributed by atoms with Gasteiger partial charge < -0.3 is 19.5 Å². The lowest BCUT2D eigenvalue weighted by molar-refractivity contribution is -0.213. The molecule has 3 aliphatic rings. The van der Waals surface area contributed by atoms with Gasteiger partial charge >= 0.3 is 0 Å². The molecule has 190 valence electrons. The standard InChI is InChI=1S/C26H24F2N6O3/c27-26(28)8-7-25(26)14-33(15-25)24-31-19-6-5-16(13-20(19)37-24)21(35)34-22(36)17-3-1-2-4-18(17)30-23(34)32-11-9-29-10-12-32/h1-6,13,29H,7-12,14-15H2. The van der Waals surface area contributed by atoms with Gasteiger partial charge in [-0.1, -0.05) is 12.1 Å². The molecular weight excluding hydrogens is 482 g/mol. The fourth-order valence-electron chi connectivity index (χ4n) is 5.57. The van der Waals surface area contributed by atoms with Crippen LogP contribution < -0.4 is 20.7 Å². The summed E-state index contributed by atoms with van der Waals surface area (Å²) in [4.78, 5) is 40.0. The Morgan fingerprint density at radius 3 is 2.49 bits per heavy atom. The average Bonchev–Trinajstić information content (AvgIpc) is 3.30. The summed E-state index contributed by atoms with van der Waals surface area (Å²) >= 11 is 0. The van der Waals surface area contributed by atoms with Crippen molar-refractivity contribution in [1.82, 2.24) is 19.9 Å². The molecular formula is C26H24F2N6O3. The summed E-state index contributed by atoms with van der Waals surface area (Å²) in [7, 11) is 0. The Morgan fingerprint density at radius 1 is 0.973 bits per heavy atom. The highest BCUT2D eigenvalue weighted by molar-refractivity contribution is 6.01. The van der Waals surface area contributed by atoms with Crippen LogP contribution in [0.5, 0.6) is 0 Å². The van der Waals surface area contributed by atoms with Crippen LogP contribution in [0.15, 0.2) is 51.7 Å². The van der Waals surface area contributed by atoms with Crippen LogP contribution >= 0.6 is 0 Å². The predicted octanol–water partition coefficient (Wildman–Crippen LogP) is 2.87. The monoisotopic (exact) mass is 506 g/mol. The number of aromatic nitrogens is 3. The minimum absolute atomic E-state index is 0.0706. The van der Waals surface area contributed by atoms with Crippen molar-refractivity contribution in [3.8, 4) is 0 Å². The summed E-state index contributed by atoms with van der Waals surface area (Å²) in [6.07, 6.45) is 0.429. The number of para-hydroxylation sites is 1. The van der Waals surface area contributed by atoms with E-state index in [2.05, 4.69) is 10.3 Å². The highest BCUT2D eigenvalue weighted by Crippen LogP contribution is 2.59. The summed E-state index contributed by atoms with van der Waals surface area (Å²) < 4.78 is 35.0. The maximum atomic E-state index is 14.0. The fourth-order valence-corrected chi connectivity index (χ4v) is 5.57. The quantitative estimate of drug-likeness (QED) is 0.453. The highest BCUT2D eigenvalue weighted by atomic mass is 19.3. The first kappa shape index (κ1) is 22.3. The third-order valence-electron chi connectivity index (χ3n) is 7.94. The highest BCUT2D eigenvalue weighted by Gasteiger charge is 2.67. The summed E-state index contributed by atoms with van der Waals surface area (Å²) in [5, 5.41) is 3.63. The Balaban J connectivity index is 1.25. The van der Waals surface area contributed by atoms with Gasteiger partial charge in [-0.05, 0) is 36.8 Å². The summed E-state index contributed by atoms with van der Waals surface area (Å²) in [5.41, 5.74) is 0.238. The van der Waals surface area contributed by atoms with Crippen molar-refractivity contribution in [3.63, 3.8) is 0 Å². The number of halogens is 2. The molecule has 9 nitrogen and oxygen atoms in total. The van der Waals surface area contributed by atoms with Gasteiger partial charge in [-0.15, -0.1) is 0 Å². The van der Waals surface area contributed by atoms with E-state index in [1.807, 2.05) is 11.0 Å². The molecule has 7 rings (SSSR count). The van der Waals surface area contributed by atoms with E-state index in [0.29, 0.717) is 60.6 Å². The lowest BCUT2D eigenvalue weighted by Crippen LogP contribution is -2.70. The van der Waals surface area contributed by atoms with E-state index >= 15 is 0 Å². The number of alkyl halides is 2. The number of nitrogens with zero attached hydrogens (tertiary/aromatic N) is 5. The minimum Gasteiger partial charge on any atom is -0.423 e. The number of carbonyl (C=O) groups excluding carboxylic acids is 1. The van der Waals surface area contributed by atoms with Crippen molar-refractivity contribution in [2.24, 2.45) is 5.41 Å². The van der Waals surface area contributed by atoms with E-state index in [1.165, 1.54) is 0 Å². The van der Waals surface area contributed by atoms with Crippen molar-refractivity contribution in [1.29, 1.82) is 0 Å². The Morgan fingerprint density at radius 2 is 1.76 bits per heavy atom. The zero-order valence-electron chi connectivity index (χ0n) is 19.9. The van der Waals surface area contributed by atoms with Gasteiger partial charge in [0.1, 0.15) is 5.52 Å². The lowest BCUT2D eigenvalue weighted by atomic mass is 9.60. The fraction of sp³-hybridized carbons (Fsp3) is 0.385. The molecule has 0 bridgehead atoms. The predicted molar refractivity (Wildman–Crippen MR) is 134 cm³/mol. The molecule has 3 fully saturated rings. The molecule has 37 heavy (non-hydrogen) atoms. The minimum atomic E-state index is -2.64. The molecule has 0 unspecified atom stereocenters. The molecule has 2 aromatic heterocycles. The number of piperazine rings is 1. The van der Waals surface area contributed by atoms with Gasteiger partial charge in [0, 0.05) is 51.3 Å². The number of oxazole rings is 1. The molecule has 1 spiro atoms. The van der Waals surface area contributed by atoms with Crippen LogP contribution in [0.1, 0.15) is 23.2 Å². The second-order valence-corrected chi connectivity index (χ2v) is 10.1. The zero-order chi connectivity index (χ0) is 25.4. The van der Waals surface area contributed by atoms with Crippen LogP contribution in [-0.4, -0.2) is 65.6 Å². The molecule has 2 aromatic carbocycles. The largest absolute Gasteiger partial charge is 0.423 e. The lowest BCUT2D eigenvalue weighted by Gasteiger charge is -2.59. The number of hydrogen-bond acceptors (Lipinski definition) is 8. The Bertz CT molecular complexity index is 1620. The second kappa shape index (κ2) is 7.82. The second-order valence-electron chi connectivity index (χ2n) is 10.1. The van der Waals surface area contributed by atoms with Crippen LogP contribution in [0.25, 0.3) is 22.0 Å². The van der Waals surface area contributed by atoms with Gasteiger partial charge in [-0.3, -0.25) is 9.59 Å². The van der Waals surface area contributed by atoms with E-state index in [0.717, 1.165) is 4.57 Å². The maximum absolute atomic E-state index is 14.0. The van der Waals surface area contributed by atoms with E-state index in [9.17, 15) is 18.4 Å². The molecule has 11 heteroatoms. The van der Waals surface area contributed by atoms with Crippen molar-refractivity contribution in [3.05, 3.63) is 58.4 Å². The number of nitrogens with one attached hydrogen (secondary N) is 1. The normalized spacial score (nSPS) is 20.3. The molecule has 4 aromatic rings. The smallest absolute Gasteiger partial charge is 0.298 e. The van der Waals surface area contributed by atoms with Gasteiger partial charge in [-0.25, -0.2) is 18.3 Å². The van der Waals surface area contributed by atoms with Gasteiger partial charge in [0.25, 0.3) is 23.4 Å². The number of fused-ring (bicyclic) bond motifs is 2. The van der Waals surface area contributed by atoms with E-state index in [4.69, 9.17) is 9.40 Å².